The highest BCUT2D eigenvalue weighted by Crippen LogP contribution is 2.12. The zero-order valence-electron chi connectivity index (χ0n) is 16.1. The molecule has 0 bridgehead atoms. The lowest BCUT2D eigenvalue weighted by atomic mass is 10.2. The number of aromatic nitrogens is 4. The van der Waals surface area contributed by atoms with Gasteiger partial charge in [0.2, 0.25) is 0 Å². The zero-order chi connectivity index (χ0) is 22.0. The molecule has 158 valence electrons. The number of nitrogens with one attached hydrogen (secondary N) is 1. The quantitative estimate of drug-likeness (QED) is 0.453. The predicted octanol–water partition coefficient (Wildman–Crippen LogP) is 3.11. The molecule has 0 atom stereocenters. The average molecular weight is 488 g/mol. The molecule has 0 unspecified atom stereocenters. The minimum atomic E-state index is -0.935. The van der Waals surface area contributed by atoms with E-state index >= 15 is 0 Å². The van der Waals surface area contributed by atoms with Gasteiger partial charge in [0.05, 0.1) is 24.8 Å². The Hall–Kier alpha value is -3.40. The molecule has 4 aromatic rings. The van der Waals surface area contributed by atoms with Crippen LogP contribution < -0.4 is 10.9 Å². The third-order valence-electron chi connectivity index (χ3n) is 4.67. The van der Waals surface area contributed by atoms with Crippen LogP contribution >= 0.6 is 15.9 Å². The van der Waals surface area contributed by atoms with Gasteiger partial charge in [-0.25, -0.2) is 18.4 Å². The molecule has 2 heterocycles. The van der Waals surface area contributed by atoms with Gasteiger partial charge >= 0.3 is 0 Å². The topological polar surface area (TPSA) is 81.8 Å². The first-order chi connectivity index (χ1) is 14.9. The number of hydrogen-bond donors (Lipinski definition) is 1. The molecule has 0 aliphatic carbocycles. The van der Waals surface area contributed by atoms with Crippen LogP contribution in [0.15, 0.2) is 64.3 Å². The number of carbonyl (C=O) groups is 1. The van der Waals surface area contributed by atoms with Gasteiger partial charge in [0, 0.05) is 17.1 Å². The minimum Gasteiger partial charge on any atom is -0.350 e. The van der Waals surface area contributed by atoms with Crippen molar-refractivity contribution < 1.29 is 13.6 Å². The van der Waals surface area contributed by atoms with E-state index in [9.17, 15) is 18.4 Å². The number of rotatable bonds is 6. The number of fused-ring (bicyclic) bond motifs is 1. The predicted molar refractivity (Wildman–Crippen MR) is 114 cm³/mol. The van der Waals surface area contributed by atoms with Gasteiger partial charge < -0.3 is 5.32 Å². The highest BCUT2D eigenvalue weighted by Gasteiger charge is 2.13. The maximum Gasteiger partial charge on any atom is 0.264 e. The molecule has 2 aromatic heterocycles. The summed E-state index contributed by atoms with van der Waals surface area (Å²) < 4.78 is 30.6. The van der Waals surface area contributed by atoms with Crippen LogP contribution in [0.2, 0.25) is 0 Å². The molecule has 1 amide bonds. The Kier molecular flexibility index (Phi) is 5.90. The van der Waals surface area contributed by atoms with Crippen molar-refractivity contribution in [3.8, 4) is 0 Å². The molecule has 4 rings (SSSR count). The Morgan fingerprint density at radius 1 is 1.13 bits per heavy atom. The molecule has 0 spiro atoms. The van der Waals surface area contributed by atoms with Gasteiger partial charge in [0.15, 0.2) is 5.65 Å². The Balaban J connectivity index is 1.45. The molecule has 31 heavy (non-hydrogen) atoms. The van der Waals surface area contributed by atoms with Gasteiger partial charge in [-0.1, -0.05) is 28.1 Å². The molecule has 0 aliphatic heterocycles. The van der Waals surface area contributed by atoms with Crippen LogP contribution in [0, 0.1) is 11.6 Å². The van der Waals surface area contributed by atoms with Crippen LogP contribution in [-0.2, 0) is 13.1 Å². The lowest BCUT2D eigenvalue weighted by Gasteiger charge is -2.08. The van der Waals surface area contributed by atoms with E-state index in [-0.39, 0.29) is 24.2 Å². The molecule has 0 fully saturated rings. The lowest BCUT2D eigenvalue weighted by Crippen LogP contribution is -2.28. The summed E-state index contributed by atoms with van der Waals surface area (Å²) in [5.74, 6) is -2.36. The summed E-state index contributed by atoms with van der Waals surface area (Å²) in [7, 11) is 0. The highest BCUT2D eigenvalue weighted by atomic mass is 79.9. The minimum absolute atomic E-state index is 0.121. The van der Waals surface area contributed by atoms with Gasteiger partial charge in [-0.3, -0.25) is 14.2 Å². The van der Waals surface area contributed by atoms with E-state index in [1.165, 1.54) is 21.8 Å². The summed E-state index contributed by atoms with van der Waals surface area (Å²) in [4.78, 5) is 29.2. The van der Waals surface area contributed by atoms with Crippen LogP contribution in [0.25, 0.3) is 11.0 Å². The molecular formula is C21H16BrF2N5O2. The molecule has 7 nitrogen and oxygen atoms in total. The normalized spacial score (nSPS) is 11.1. The molecule has 0 aliphatic rings. The summed E-state index contributed by atoms with van der Waals surface area (Å²) in [6, 6.07) is 10.4. The molecule has 10 heteroatoms. The Morgan fingerprint density at radius 3 is 2.65 bits per heavy atom. The molecule has 2 aromatic carbocycles. The standard InChI is InChI=1S/C21H16BrF2N5O2/c22-14-3-1-13(2-4-14)11-28-12-26-19-17(21(28)31)10-27-29(19)8-7-25-20(30)16-6-5-15(23)9-18(16)24/h1-6,9-10,12H,7-8,11H2,(H,25,30). The van der Waals surface area contributed by atoms with Crippen LogP contribution in [0.5, 0.6) is 0 Å². The number of carbonyl (C=O) groups excluding carboxylic acids is 1. The van der Waals surface area contributed by atoms with Crippen LogP contribution in [-0.4, -0.2) is 31.8 Å². The first-order valence-corrected chi connectivity index (χ1v) is 10.1. The molecule has 1 N–H and O–H groups in total. The summed E-state index contributed by atoms with van der Waals surface area (Å²) in [6.45, 7) is 0.719. The number of amides is 1. The smallest absolute Gasteiger partial charge is 0.264 e. The second kappa shape index (κ2) is 8.76. The third kappa shape index (κ3) is 4.53. The molecule has 0 saturated heterocycles. The van der Waals surface area contributed by atoms with Crippen molar-refractivity contribution in [2.24, 2.45) is 0 Å². The summed E-state index contributed by atoms with van der Waals surface area (Å²) in [5, 5.41) is 7.08. The van der Waals surface area contributed by atoms with Crippen molar-refractivity contribution in [3.05, 3.63) is 92.6 Å². The second-order valence-corrected chi connectivity index (χ2v) is 7.70. The Bertz CT molecular complexity index is 1320. The van der Waals surface area contributed by atoms with E-state index in [1.807, 2.05) is 24.3 Å². The first kappa shape index (κ1) is 20.9. The van der Waals surface area contributed by atoms with E-state index in [4.69, 9.17) is 0 Å². The van der Waals surface area contributed by atoms with Gasteiger partial charge in [0.25, 0.3) is 11.5 Å². The number of hydrogen-bond acceptors (Lipinski definition) is 4. The van der Waals surface area contributed by atoms with Crippen molar-refractivity contribution >= 4 is 32.9 Å². The van der Waals surface area contributed by atoms with Crippen LogP contribution in [0.1, 0.15) is 15.9 Å². The number of halogens is 3. The van der Waals surface area contributed by atoms with E-state index in [2.05, 4.69) is 31.3 Å². The summed E-state index contributed by atoms with van der Waals surface area (Å²) >= 11 is 3.38. The highest BCUT2D eigenvalue weighted by molar-refractivity contribution is 9.10. The molecule has 0 saturated carbocycles. The van der Waals surface area contributed by atoms with Crippen LogP contribution in [0.3, 0.4) is 0 Å². The zero-order valence-corrected chi connectivity index (χ0v) is 17.6. The van der Waals surface area contributed by atoms with Crippen molar-refractivity contribution in [3.63, 3.8) is 0 Å². The van der Waals surface area contributed by atoms with Gasteiger partial charge in [-0.2, -0.15) is 5.10 Å². The molecule has 0 radical (unpaired) electrons. The molecular weight excluding hydrogens is 472 g/mol. The fraction of sp³-hybridized carbons (Fsp3) is 0.143. The van der Waals surface area contributed by atoms with Gasteiger partial charge in [-0.15, -0.1) is 0 Å². The van der Waals surface area contributed by atoms with Crippen molar-refractivity contribution in [1.29, 1.82) is 0 Å². The summed E-state index contributed by atoms with van der Waals surface area (Å²) in [6.07, 6.45) is 2.89. The number of benzene rings is 2. The fourth-order valence-electron chi connectivity index (χ4n) is 3.10. The van der Waals surface area contributed by atoms with E-state index in [0.29, 0.717) is 23.6 Å². The van der Waals surface area contributed by atoms with E-state index in [0.717, 1.165) is 22.2 Å². The maximum absolute atomic E-state index is 13.7. The average Bonchev–Trinajstić information content (AvgIpc) is 3.15. The van der Waals surface area contributed by atoms with Gasteiger partial charge in [-0.05, 0) is 29.8 Å². The van der Waals surface area contributed by atoms with Crippen molar-refractivity contribution in [1.82, 2.24) is 24.6 Å². The number of nitrogens with zero attached hydrogens (tertiary/aromatic N) is 4. The Morgan fingerprint density at radius 2 is 1.90 bits per heavy atom. The Labute approximate surface area is 183 Å². The largest absolute Gasteiger partial charge is 0.350 e. The van der Waals surface area contributed by atoms with Crippen LogP contribution in [0.4, 0.5) is 8.78 Å². The second-order valence-electron chi connectivity index (χ2n) is 6.79. The first-order valence-electron chi connectivity index (χ1n) is 9.31. The lowest BCUT2D eigenvalue weighted by molar-refractivity contribution is 0.0948. The maximum atomic E-state index is 13.7. The SMILES string of the molecule is O=C(NCCn1ncc2c(=O)n(Cc3ccc(Br)cc3)cnc21)c1ccc(F)cc1F. The van der Waals surface area contributed by atoms with Crippen molar-refractivity contribution in [2.75, 3.05) is 6.54 Å². The van der Waals surface area contributed by atoms with Gasteiger partial charge in [0.1, 0.15) is 23.3 Å². The van der Waals surface area contributed by atoms with E-state index < -0.39 is 17.5 Å². The van der Waals surface area contributed by atoms with Crippen molar-refractivity contribution in [2.45, 2.75) is 13.1 Å². The fourth-order valence-corrected chi connectivity index (χ4v) is 3.37. The summed E-state index contributed by atoms with van der Waals surface area (Å²) in [5.41, 5.74) is 0.867. The van der Waals surface area contributed by atoms with E-state index in [1.54, 1.807) is 0 Å². The monoisotopic (exact) mass is 487 g/mol. The third-order valence-corrected chi connectivity index (χ3v) is 5.20.